The zero-order valence-electron chi connectivity index (χ0n) is 17.8. The number of aryl methyl sites for hydroxylation is 2. The molecule has 1 fully saturated rings. The van der Waals surface area contributed by atoms with Gasteiger partial charge in [-0.25, -0.2) is 19.3 Å². The van der Waals surface area contributed by atoms with E-state index in [0.29, 0.717) is 41.4 Å². The highest BCUT2D eigenvalue weighted by Crippen LogP contribution is 2.55. The van der Waals surface area contributed by atoms with Gasteiger partial charge in [-0.3, -0.25) is 4.79 Å². The zero-order valence-corrected chi connectivity index (χ0v) is 17.8. The molecule has 4 rings (SSSR count). The van der Waals surface area contributed by atoms with E-state index in [-0.39, 0.29) is 18.3 Å². The molecule has 1 N–H and O–H groups in total. The Morgan fingerprint density at radius 3 is 2.84 bits per heavy atom. The lowest BCUT2D eigenvalue weighted by Gasteiger charge is -2.20. The fourth-order valence-corrected chi connectivity index (χ4v) is 3.84. The molecule has 7 nitrogen and oxygen atoms in total. The lowest BCUT2D eigenvalue weighted by molar-refractivity contribution is -0.117. The van der Waals surface area contributed by atoms with Gasteiger partial charge in [-0.1, -0.05) is 19.1 Å². The van der Waals surface area contributed by atoms with Crippen LogP contribution >= 0.6 is 0 Å². The molecule has 2 unspecified atom stereocenters. The molecule has 0 saturated heterocycles. The maximum absolute atomic E-state index is 14.0. The molecule has 1 aromatic carbocycles. The lowest BCUT2D eigenvalue weighted by Crippen LogP contribution is -2.27. The number of aromatic nitrogens is 3. The number of rotatable bonds is 7. The van der Waals surface area contributed by atoms with Crippen molar-refractivity contribution >= 4 is 11.7 Å². The maximum Gasteiger partial charge on any atom is 0.229 e. The van der Waals surface area contributed by atoms with Crippen molar-refractivity contribution in [1.29, 1.82) is 5.26 Å². The van der Waals surface area contributed by atoms with Crippen molar-refractivity contribution < 1.29 is 13.9 Å². The van der Waals surface area contributed by atoms with Gasteiger partial charge in [0.05, 0.1) is 30.0 Å². The average molecular weight is 431 g/mol. The number of nitriles is 1. The molecule has 2 heterocycles. The van der Waals surface area contributed by atoms with Gasteiger partial charge in [0.1, 0.15) is 23.5 Å². The summed E-state index contributed by atoms with van der Waals surface area (Å²) >= 11 is 0. The molecule has 2 atom stereocenters. The third kappa shape index (κ3) is 4.28. The van der Waals surface area contributed by atoms with Crippen molar-refractivity contribution in [2.45, 2.75) is 32.1 Å². The summed E-state index contributed by atoms with van der Waals surface area (Å²) in [4.78, 5) is 25.7. The van der Waals surface area contributed by atoms with E-state index in [9.17, 15) is 9.18 Å². The van der Waals surface area contributed by atoms with E-state index in [1.165, 1.54) is 18.3 Å². The maximum atomic E-state index is 14.0. The third-order valence-corrected chi connectivity index (χ3v) is 5.71. The van der Waals surface area contributed by atoms with Gasteiger partial charge in [0.2, 0.25) is 5.91 Å². The number of benzene rings is 1. The van der Waals surface area contributed by atoms with E-state index in [0.717, 1.165) is 5.69 Å². The Bertz CT molecular complexity index is 1190. The summed E-state index contributed by atoms with van der Waals surface area (Å²) < 4.78 is 20.1. The van der Waals surface area contributed by atoms with Gasteiger partial charge in [-0.15, -0.1) is 0 Å². The second-order valence-corrected chi connectivity index (χ2v) is 7.83. The molecule has 0 spiro atoms. The summed E-state index contributed by atoms with van der Waals surface area (Å²) in [5.41, 5.74) is 1.23. The molecule has 1 aliphatic carbocycles. The summed E-state index contributed by atoms with van der Waals surface area (Å²) in [6.07, 6.45) is 4.22. The van der Waals surface area contributed by atoms with E-state index in [2.05, 4.69) is 20.3 Å². The molecule has 1 amide bonds. The van der Waals surface area contributed by atoms with Gasteiger partial charge in [0.25, 0.3) is 0 Å². The molecule has 1 aliphatic rings. The average Bonchev–Trinajstić information content (AvgIpc) is 3.55. The number of anilines is 1. The molecule has 0 bridgehead atoms. The minimum absolute atomic E-state index is 0.189. The number of carbonyl (C=O) groups is 1. The van der Waals surface area contributed by atoms with Crippen molar-refractivity contribution in [2.24, 2.45) is 5.92 Å². The number of amides is 1. The number of hydrogen-bond donors (Lipinski definition) is 1. The largest absolute Gasteiger partial charge is 0.489 e. The Hall–Kier alpha value is -3.86. The first kappa shape index (κ1) is 21.4. The molecule has 0 radical (unpaired) electrons. The van der Waals surface area contributed by atoms with Crippen LogP contribution in [0.25, 0.3) is 0 Å². The summed E-state index contributed by atoms with van der Waals surface area (Å²) in [5, 5.41) is 11.7. The third-order valence-electron chi connectivity index (χ3n) is 5.71. The van der Waals surface area contributed by atoms with Crippen molar-refractivity contribution in [3.63, 3.8) is 0 Å². The van der Waals surface area contributed by atoms with E-state index < -0.39 is 11.3 Å². The van der Waals surface area contributed by atoms with Crippen LogP contribution in [0, 0.1) is 30.0 Å². The highest BCUT2D eigenvalue weighted by atomic mass is 19.1. The molecule has 162 valence electrons. The Morgan fingerprint density at radius 2 is 2.16 bits per heavy atom. The van der Waals surface area contributed by atoms with Crippen LogP contribution in [0.1, 0.15) is 36.0 Å². The minimum Gasteiger partial charge on any atom is -0.489 e. The highest BCUT2D eigenvalue weighted by Gasteiger charge is 2.60. The summed E-state index contributed by atoms with van der Waals surface area (Å²) in [7, 11) is 0. The number of carbonyl (C=O) groups excluding carboxylic acids is 1. The van der Waals surface area contributed by atoms with Gasteiger partial charge < -0.3 is 10.1 Å². The van der Waals surface area contributed by atoms with Crippen molar-refractivity contribution in [3.8, 4) is 11.8 Å². The number of nitrogens with one attached hydrogen (secondary N) is 1. The van der Waals surface area contributed by atoms with Crippen molar-refractivity contribution in [3.05, 3.63) is 77.3 Å². The standard InChI is InChI=1S/C24H22FN5O2/c1-3-20-21(13-27-15(2)29-20)32-14-24(17-5-4-6-18(25)9-17)10-19(24)23(31)30-22-8-7-16(11-26)12-28-22/h4-9,12-13,19H,3,10,14H2,1-2H3,(H,28,30,31). The van der Waals surface area contributed by atoms with Crippen LogP contribution in [0.3, 0.4) is 0 Å². The zero-order chi connectivity index (χ0) is 22.7. The molecule has 0 aliphatic heterocycles. The number of halogens is 1. The van der Waals surface area contributed by atoms with Crippen LogP contribution in [-0.2, 0) is 16.6 Å². The van der Waals surface area contributed by atoms with Crippen molar-refractivity contribution in [2.75, 3.05) is 11.9 Å². The number of nitrogens with zero attached hydrogens (tertiary/aromatic N) is 4. The van der Waals surface area contributed by atoms with E-state index in [4.69, 9.17) is 10.00 Å². The first-order chi connectivity index (χ1) is 15.4. The first-order valence-electron chi connectivity index (χ1n) is 10.3. The second kappa shape index (κ2) is 8.71. The van der Waals surface area contributed by atoms with Crippen LogP contribution < -0.4 is 10.1 Å². The molecule has 32 heavy (non-hydrogen) atoms. The molecule has 1 saturated carbocycles. The molecule has 2 aromatic heterocycles. The molecule has 8 heteroatoms. The molecular formula is C24H22FN5O2. The number of ether oxygens (including phenoxy) is 1. The molecule has 3 aromatic rings. The van der Waals surface area contributed by atoms with Gasteiger partial charge >= 0.3 is 0 Å². The molecular weight excluding hydrogens is 409 g/mol. The summed E-state index contributed by atoms with van der Waals surface area (Å²) in [6, 6.07) is 11.4. The number of pyridine rings is 1. The normalized spacial score (nSPS) is 19.1. The highest BCUT2D eigenvalue weighted by molar-refractivity contribution is 5.95. The lowest BCUT2D eigenvalue weighted by atomic mass is 9.93. The predicted molar refractivity (Wildman–Crippen MR) is 115 cm³/mol. The van der Waals surface area contributed by atoms with Crippen LogP contribution in [0.4, 0.5) is 10.2 Å². The Balaban J connectivity index is 1.56. The second-order valence-electron chi connectivity index (χ2n) is 7.83. The van der Waals surface area contributed by atoms with Crippen LogP contribution in [0.5, 0.6) is 5.75 Å². The monoisotopic (exact) mass is 431 g/mol. The number of hydrogen-bond acceptors (Lipinski definition) is 6. The van der Waals surface area contributed by atoms with Gasteiger partial charge in [0.15, 0.2) is 5.75 Å². The smallest absolute Gasteiger partial charge is 0.229 e. The predicted octanol–water partition coefficient (Wildman–Crippen LogP) is 3.73. The topological polar surface area (TPSA) is 101 Å². The van der Waals surface area contributed by atoms with Gasteiger partial charge in [0, 0.05) is 11.6 Å². The quantitative estimate of drug-likeness (QED) is 0.612. The fourth-order valence-electron chi connectivity index (χ4n) is 3.84. The van der Waals surface area contributed by atoms with Gasteiger partial charge in [-0.05, 0) is 49.6 Å². The summed E-state index contributed by atoms with van der Waals surface area (Å²) in [5.74, 6) is 0.565. The van der Waals surface area contributed by atoms with E-state index >= 15 is 0 Å². The summed E-state index contributed by atoms with van der Waals surface area (Å²) in [6.45, 7) is 3.99. The van der Waals surface area contributed by atoms with Gasteiger partial charge in [-0.2, -0.15) is 5.26 Å². The Kier molecular flexibility index (Phi) is 5.82. The Labute approximate surface area is 185 Å². The van der Waals surface area contributed by atoms with Crippen molar-refractivity contribution in [1.82, 2.24) is 15.0 Å². The van der Waals surface area contributed by atoms with Crippen LogP contribution in [0.15, 0.2) is 48.8 Å². The van der Waals surface area contributed by atoms with E-state index in [1.807, 2.05) is 26.0 Å². The minimum atomic E-state index is -0.672. The Morgan fingerprint density at radius 1 is 1.31 bits per heavy atom. The van der Waals surface area contributed by atoms with Crippen LogP contribution in [0.2, 0.25) is 0 Å². The first-order valence-corrected chi connectivity index (χ1v) is 10.3. The van der Waals surface area contributed by atoms with E-state index in [1.54, 1.807) is 24.4 Å². The fraction of sp³-hybridized carbons (Fsp3) is 0.292. The van der Waals surface area contributed by atoms with Crippen LogP contribution in [-0.4, -0.2) is 27.5 Å². The SMILES string of the molecule is CCc1nc(C)ncc1OCC1(c2cccc(F)c2)CC1C(=O)Nc1ccc(C#N)cn1.